The molecule has 0 aromatic heterocycles. The molecule has 4 rings (SSSR count). The van der Waals surface area contributed by atoms with E-state index in [9.17, 15) is 4.79 Å². The first-order valence-electron chi connectivity index (χ1n) is 14.5. The molecular weight excluding hydrogens is 492 g/mol. The molecule has 4 atom stereocenters. The fraction of sp³-hybridized carbons (Fsp3) is 0.594. The van der Waals surface area contributed by atoms with E-state index in [2.05, 4.69) is 47.5 Å². The van der Waals surface area contributed by atoms with Gasteiger partial charge in [0.1, 0.15) is 18.1 Å². The van der Waals surface area contributed by atoms with Crippen molar-refractivity contribution < 1.29 is 23.7 Å². The normalized spacial score (nSPS) is 21.5. The van der Waals surface area contributed by atoms with Crippen LogP contribution in [0.3, 0.4) is 0 Å². The molecule has 7 nitrogen and oxygen atoms in total. The molecule has 1 fully saturated rings. The summed E-state index contributed by atoms with van der Waals surface area (Å²) in [5, 5.41) is 2.85. The zero-order valence-electron chi connectivity index (χ0n) is 24.1. The predicted molar refractivity (Wildman–Crippen MR) is 155 cm³/mol. The summed E-state index contributed by atoms with van der Waals surface area (Å²) >= 11 is 0. The van der Waals surface area contributed by atoms with E-state index >= 15 is 0 Å². The molecule has 1 aliphatic carbocycles. The minimum atomic E-state index is 0.0681. The van der Waals surface area contributed by atoms with Gasteiger partial charge in [0.2, 0.25) is 5.91 Å². The molecule has 1 heterocycles. The third-order valence-electron chi connectivity index (χ3n) is 8.39. The van der Waals surface area contributed by atoms with E-state index in [-0.39, 0.29) is 23.8 Å². The molecule has 7 heteroatoms. The Morgan fingerprint density at radius 3 is 2.69 bits per heavy atom. The molecule has 0 radical (unpaired) electrons. The molecule has 1 N–H and O–H groups in total. The van der Waals surface area contributed by atoms with E-state index in [1.54, 1.807) is 21.3 Å². The first-order valence-corrected chi connectivity index (χ1v) is 14.5. The van der Waals surface area contributed by atoms with Gasteiger partial charge in [-0.25, -0.2) is 0 Å². The van der Waals surface area contributed by atoms with Crippen LogP contribution < -0.4 is 19.7 Å². The standard InChI is InChI=1S/C32H46N2O5/c1-5-25(32(35)33-2)19-23-7-13-30(28(20-23)26-9-11-27(37-4)12-10-26)39-22-24-8-14-31-29(21-24)34(16-18-38-31)15-6-17-36-3/h8-12,14,21,23,25,28,30H,5-7,13,15-20,22H2,1-4H3,(H,33,35)/t23-,25-,28-,30+/m1/s1. The van der Waals surface area contributed by atoms with Gasteiger partial charge in [-0.05, 0) is 79.8 Å². The number of carbonyl (C=O) groups is 1. The Balaban J connectivity index is 1.46. The Kier molecular flexibility index (Phi) is 10.9. The SMILES string of the molecule is CC[C@H](C[C@H]1CC[C@H](OCc2ccc3c(c2)N(CCCOC)CCO3)[C@@H](c2ccc(OC)cc2)C1)C(=O)NC. The van der Waals surface area contributed by atoms with Crippen molar-refractivity contribution in [3.05, 3.63) is 53.6 Å². The number of methoxy groups -OCH3 is 2. The molecule has 2 aliphatic rings. The van der Waals surface area contributed by atoms with Crippen LogP contribution in [0.25, 0.3) is 0 Å². The monoisotopic (exact) mass is 538 g/mol. The number of fused-ring (bicyclic) bond motifs is 1. The maximum Gasteiger partial charge on any atom is 0.222 e. The number of nitrogens with zero attached hydrogens (tertiary/aromatic N) is 1. The van der Waals surface area contributed by atoms with Crippen LogP contribution in [0.2, 0.25) is 0 Å². The van der Waals surface area contributed by atoms with E-state index < -0.39 is 0 Å². The molecule has 2 aromatic rings. The number of ether oxygens (including phenoxy) is 4. The van der Waals surface area contributed by atoms with Crippen LogP contribution in [0, 0.1) is 11.8 Å². The third-order valence-corrected chi connectivity index (χ3v) is 8.39. The number of nitrogens with one attached hydrogen (secondary N) is 1. The van der Waals surface area contributed by atoms with Gasteiger partial charge in [-0.2, -0.15) is 0 Å². The first-order chi connectivity index (χ1) is 19.1. The molecule has 1 aliphatic heterocycles. The van der Waals surface area contributed by atoms with Gasteiger partial charge in [-0.3, -0.25) is 4.79 Å². The summed E-state index contributed by atoms with van der Waals surface area (Å²) in [7, 11) is 5.19. The summed E-state index contributed by atoms with van der Waals surface area (Å²) < 4.78 is 23.3. The Morgan fingerprint density at radius 2 is 1.97 bits per heavy atom. The number of carbonyl (C=O) groups excluding carboxylic acids is 1. The maximum absolute atomic E-state index is 12.4. The van der Waals surface area contributed by atoms with Crippen LogP contribution >= 0.6 is 0 Å². The molecule has 1 amide bonds. The summed E-state index contributed by atoms with van der Waals surface area (Å²) in [6.45, 7) is 5.98. The topological polar surface area (TPSA) is 69.3 Å². The fourth-order valence-electron chi connectivity index (χ4n) is 6.15. The van der Waals surface area contributed by atoms with E-state index in [1.165, 1.54) is 5.56 Å². The van der Waals surface area contributed by atoms with Crippen molar-refractivity contribution in [3.63, 3.8) is 0 Å². The van der Waals surface area contributed by atoms with Gasteiger partial charge < -0.3 is 29.2 Å². The number of anilines is 1. The Bertz CT molecular complexity index is 1040. The maximum atomic E-state index is 12.4. The predicted octanol–water partition coefficient (Wildman–Crippen LogP) is 5.56. The van der Waals surface area contributed by atoms with Gasteiger partial charge in [0.05, 0.1) is 32.1 Å². The zero-order valence-corrected chi connectivity index (χ0v) is 24.1. The largest absolute Gasteiger partial charge is 0.497 e. The number of hydrogen-bond acceptors (Lipinski definition) is 6. The molecule has 1 saturated carbocycles. The fourth-order valence-corrected chi connectivity index (χ4v) is 6.15. The Labute approximate surface area is 234 Å². The average Bonchev–Trinajstić information content (AvgIpc) is 2.99. The lowest BCUT2D eigenvalue weighted by Crippen LogP contribution is -2.34. The van der Waals surface area contributed by atoms with E-state index in [0.717, 1.165) is 81.0 Å². The molecule has 0 saturated heterocycles. The first kappa shape index (κ1) is 29.2. The lowest BCUT2D eigenvalue weighted by molar-refractivity contribution is -0.125. The highest BCUT2D eigenvalue weighted by atomic mass is 16.5. The van der Waals surface area contributed by atoms with Gasteiger partial charge in [0, 0.05) is 39.1 Å². The van der Waals surface area contributed by atoms with Crippen molar-refractivity contribution in [2.24, 2.45) is 11.8 Å². The summed E-state index contributed by atoms with van der Waals surface area (Å²) in [5.74, 6) is 2.81. The van der Waals surface area contributed by atoms with E-state index in [0.29, 0.717) is 19.1 Å². The average molecular weight is 539 g/mol. The molecule has 2 aromatic carbocycles. The van der Waals surface area contributed by atoms with Crippen LogP contribution in [0.5, 0.6) is 11.5 Å². The van der Waals surface area contributed by atoms with Crippen LogP contribution in [0.4, 0.5) is 5.69 Å². The highest BCUT2D eigenvalue weighted by molar-refractivity contribution is 5.78. The van der Waals surface area contributed by atoms with Gasteiger partial charge in [0.25, 0.3) is 0 Å². The van der Waals surface area contributed by atoms with E-state index in [1.807, 2.05) is 12.1 Å². The van der Waals surface area contributed by atoms with Crippen molar-refractivity contribution >= 4 is 11.6 Å². The van der Waals surface area contributed by atoms with Crippen LogP contribution in [0.15, 0.2) is 42.5 Å². The van der Waals surface area contributed by atoms with Crippen molar-refractivity contribution in [2.45, 2.75) is 64.1 Å². The van der Waals surface area contributed by atoms with Gasteiger partial charge >= 0.3 is 0 Å². The van der Waals surface area contributed by atoms with Gasteiger partial charge in [-0.1, -0.05) is 25.1 Å². The number of benzene rings is 2. The third kappa shape index (κ3) is 7.67. The van der Waals surface area contributed by atoms with Crippen molar-refractivity contribution in [1.82, 2.24) is 5.32 Å². The Morgan fingerprint density at radius 1 is 1.15 bits per heavy atom. The quantitative estimate of drug-likeness (QED) is 0.337. The van der Waals surface area contributed by atoms with Crippen molar-refractivity contribution in [1.29, 1.82) is 0 Å². The highest BCUT2D eigenvalue weighted by Crippen LogP contribution is 2.42. The minimum Gasteiger partial charge on any atom is -0.497 e. The zero-order chi connectivity index (χ0) is 27.6. The summed E-state index contributed by atoms with van der Waals surface area (Å²) in [6, 6.07) is 14.9. The van der Waals surface area contributed by atoms with Gasteiger partial charge in [-0.15, -0.1) is 0 Å². The van der Waals surface area contributed by atoms with Crippen molar-refractivity contribution in [2.75, 3.05) is 52.5 Å². The second-order valence-electron chi connectivity index (χ2n) is 10.8. The summed E-state index contributed by atoms with van der Waals surface area (Å²) in [5.41, 5.74) is 3.59. The van der Waals surface area contributed by atoms with Crippen LogP contribution in [-0.4, -0.2) is 59.6 Å². The second-order valence-corrected chi connectivity index (χ2v) is 10.8. The van der Waals surface area contributed by atoms with Crippen LogP contribution in [0.1, 0.15) is 62.5 Å². The van der Waals surface area contributed by atoms with Gasteiger partial charge in [0.15, 0.2) is 0 Å². The molecule has 0 bridgehead atoms. The number of rotatable bonds is 13. The van der Waals surface area contributed by atoms with Crippen molar-refractivity contribution in [3.8, 4) is 11.5 Å². The summed E-state index contributed by atoms with van der Waals surface area (Å²) in [4.78, 5) is 14.8. The van der Waals surface area contributed by atoms with E-state index in [4.69, 9.17) is 18.9 Å². The smallest absolute Gasteiger partial charge is 0.222 e. The Hall–Kier alpha value is -2.77. The second kappa shape index (κ2) is 14.6. The lowest BCUT2D eigenvalue weighted by Gasteiger charge is -2.37. The molecular formula is C32H46N2O5. The van der Waals surface area contributed by atoms with Crippen LogP contribution in [-0.2, 0) is 20.9 Å². The molecule has 0 unspecified atom stereocenters. The molecule has 0 spiro atoms. The lowest BCUT2D eigenvalue weighted by atomic mass is 9.73. The molecule has 39 heavy (non-hydrogen) atoms. The summed E-state index contributed by atoms with van der Waals surface area (Å²) in [6.07, 6.45) is 6.00. The number of amides is 1. The number of hydrogen-bond donors (Lipinski definition) is 1. The minimum absolute atomic E-state index is 0.0681. The highest BCUT2D eigenvalue weighted by Gasteiger charge is 2.34. The molecule has 214 valence electrons.